The fourth-order valence-corrected chi connectivity index (χ4v) is 6.03. The number of piperazine rings is 1. The van der Waals surface area contributed by atoms with Crippen LogP contribution in [0.5, 0.6) is 0 Å². The van der Waals surface area contributed by atoms with E-state index < -0.39 is 6.04 Å². The summed E-state index contributed by atoms with van der Waals surface area (Å²) < 4.78 is 0. The third-order valence-electron chi connectivity index (χ3n) is 7.54. The monoisotopic (exact) mass is 413 g/mol. The van der Waals surface area contributed by atoms with Crippen LogP contribution in [0.2, 0.25) is 0 Å². The highest BCUT2D eigenvalue weighted by Crippen LogP contribution is 2.44. The van der Waals surface area contributed by atoms with Crippen LogP contribution in [0, 0.1) is 6.92 Å². The molecule has 3 aliphatic rings. The Labute approximate surface area is 182 Å². The Bertz CT molecular complexity index is 1190. The van der Waals surface area contributed by atoms with Gasteiger partial charge in [-0.3, -0.25) is 9.59 Å². The molecule has 5 heteroatoms. The molecule has 2 aliphatic heterocycles. The summed E-state index contributed by atoms with van der Waals surface area (Å²) in [6.07, 6.45) is 4.91. The normalized spacial score (nSPS) is 24.0. The number of carbonyl (C=O) groups is 2. The first-order chi connectivity index (χ1) is 15.1. The number of nitrogens with zero attached hydrogens (tertiary/aromatic N) is 2. The molecule has 1 N–H and O–H groups in total. The molecule has 2 aromatic carbocycles. The number of benzene rings is 2. The van der Waals surface area contributed by atoms with Gasteiger partial charge < -0.3 is 14.8 Å². The summed E-state index contributed by atoms with van der Waals surface area (Å²) in [5, 5.41) is 1.16. The third kappa shape index (κ3) is 2.75. The van der Waals surface area contributed by atoms with Crippen molar-refractivity contribution in [3.63, 3.8) is 0 Å². The number of aryl methyl sites for hydroxylation is 1. The zero-order valence-electron chi connectivity index (χ0n) is 17.8. The summed E-state index contributed by atoms with van der Waals surface area (Å²) in [6, 6.07) is 16.0. The maximum absolute atomic E-state index is 13.7. The summed E-state index contributed by atoms with van der Waals surface area (Å²) in [7, 11) is 0. The predicted molar refractivity (Wildman–Crippen MR) is 120 cm³/mol. The second-order valence-electron chi connectivity index (χ2n) is 9.25. The summed E-state index contributed by atoms with van der Waals surface area (Å²) in [5.74, 6) is 0.190. The lowest BCUT2D eigenvalue weighted by molar-refractivity contribution is -0.160. The van der Waals surface area contributed by atoms with Crippen molar-refractivity contribution in [3.8, 4) is 0 Å². The Balaban J connectivity index is 1.53. The second kappa shape index (κ2) is 6.98. The van der Waals surface area contributed by atoms with Gasteiger partial charge in [-0.05, 0) is 42.5 Å². The van der Waals surface area contributed by atoms with Crippen LogP contribution < -0.4 is 0 Å². The molecule has 3 aromatic rings. The van der Waals surface area contributed by atoms with Gasteiger partial charge in [0.1, 0.15) is 12.6 Å². The predicted octanol–water partition coefficient (Wildman–Crippen LogP) is 4.10. The Morgan fingerprint density at radius 3 is 2.52 bits per heavy atom. The number of aromatic nitrogens is 1. The first-order valence-electron chi connectivity index (χ1n) is 11.4. The average molecular weight is 414 g/mol. The molecule has 0 spiro atoms. The number of amides is 2. The van der Waals surface area contributed by atoms with Crippen molar-refractivity contribution in [1.82, 2.24) is 14.8 Å². The largest absolute Gasteiger partial charge is 0.356 e. The molecular formula is C26H27N3O2. The fourth-order valence-electron chi connectivity index (χ4n) is 6.03. The van der Waals surface area contributed by atoms with E-state index in [0.29, 0.717) is 6.42 Å². The van der Waals surface area contributed by atoms with Gasteiger partial charge in [0.05, 0.1) is 6.04 Å². The highest BCUT2D eigenvalue weighted by Gasteiger charge is 2.49. The van der Waals surface area contributed by atoms with Crippen molar-refractivity contribution in [3.05, 3.63) is 70.9 Å². The smallest absolute Gasteiger partial charge is 0.246 e. The topological polar surface area (TPSA) is 56.4 Å². The van der Waals surface area contributed by atoms with Gasteiger partial charge in [0.2, 0.25) is 11.8 Å². The maximum Gasteiger partial charge on any atom is 0.246 e. The lowest BCUT2D eigenvalue weighted by Crippen LogP contribution is -2.64. The van der Waals surface area contributed by atoms with Gasteiger partial charge in [-0.15, -0.1) is 0 Å². The molecule has 2 atom stereocenters. The molecule has 31 heavy (non-hydrogen) atoms. The number of rotatable bonds is 2. The van der Waals surface area contributed by atoms with Crippen LogP contribution in [0.15, 0.2) is 48.5 Å². The fraction of sp³-hybridized carbons (Fsp3) is 0.385. The molecule has 5 nitrogen and oxygen atoms in total. The lowest BCUT2D eigenvalue weighted by Gasteiger charge is -2.48. The van der Waals surface area contributed by atoms with Crippen LogP contribution >= 0.6 is 0 Å². The molecule has 1 saturated carbocycles. The maximum atomic E-state index is 13.7. The van der Waals surface area contributed by atoms with Crippen molar-refractivity contribution < 1.29 is 9.59 Å². The standard InChI is InChI=1S/C26H27N3O2/c1-16-8-2-5-11-18(16)25-24-20(19-12-6-7-13-21(19)27-24)14-22-26(31)28(15-23(30)29(22)25)17-9-3-4-10-17/h2,5-8,11-13,17,22,25,27H,3-4,9-10,14-15H2,1H3/t22-,25-/m0/s1. The van der Waals surface area contributed by atoms with Gasteiger partial charge in [0.15, 0.2) is 0 Å². The first-order valence-corrected chi connectivity index (χ1v) is 11.4. The molecule has 2 fully saturated rings. The van der Waals surface area contributed by atoms with E-state index >= 15 is 0 Å². The molecule has 2 amide bonds. The Morgan fingerprint density at radius 2 is 1.71 bits per heavy atom. The number of hydrogen-bond acceptors (Lipinski definition) is 2. The Hall–Kier alpha value is -3.08. The molecule has 0 unspecified atom stereocenters. The van der Waals surface area contributed by atoms with Gasteiger partial charge in [-0.1, -0.05) is 55.3 Å². The van der Waals surface area contributed by atoms with Gasteiger partial charge >= 0.3 is 0 Å². The third-order valence-corrected chi connectivity index (χ3v) is 7.54. The minimum absolute atomic E-state index is 0.0639. The summed E-state index contributed by atoms with van der Waals surface area (Å²) in [4.78, 5) is 34.7. The van der Waals surface area contributed by atoms with E-state index in [4.69, 9.17) is 0 Å². The van der Waals surface area contributed by atoms with Crippen LogP contribution in [0.25, 0.3) is 10.9 Å². The molecule has 1 saturated heterocycles. The van der Waals surface area contributed by atoms with Crippen molar-refractivity contribution in [1.29, 1.82) is 0 Å². The van der Waals surface area contributed by atoms with E-state index in [1.165, 1.54) is 5.56 Å². The minimum atomic E-state index is -0.432. The zero-order valence-corrected chi connectivity index (χ0v) is 17.8. The number of nitrogens with one attached hydrogen (secondary N) is 1. The van der Waals surface area contributed by atoms with Crippen LogP contribution in [-0.4, -0.2) is 45.2 Å². The van der Waals surface area contributed by atoms with Crippen LogP contribution in [-0.2, 0) is 16.0 Å². The van der Waals surface area contributed by atoms with Crippen molar-refractivity contribution in [2.75, 3.05) is 6.54 Å². The van der Waals surface area contributed by atoms with E-state index in [9.17, 15) is 9.59 Å². The van der Waals surface area contributed by atoms with E-state index in [1.807, 2.05) is 34.1 Å². The van der Waals surface area contributed by atoms with E-state index in [0.717, 1.165) is 53.4 Å². The van der Waals surface area contributed by atoms with Crippen molar-refractivity contribution in [2.45, 2.75) is 57.2 Å². The van der Waals surface area contributed by atoms with Crippen LogP contribution in [0.4, 0.5) is 0 Å². The number of hydrogen-bond donors (Lipinski definition) is 1. The lowest BCUT2D eigenvalue weighted by atomic mass is 9.84. The van der Waals surface area contributed by atoms with Gasteiger partial charge in [0, 0.05) is 29.1 Å². The van der Waals surface area contributed by atoms with Crippen LogP contribution in [0.3, 0.4) is 0 Å². The van der Waals surface area contributed by atoms with Crippen molar-refractivity contribution >= 4 is 22.7 Å². The molecule has 1 aromatic heterocycles. The minimum Gasteiger partial charge on any atom is -0.356 e. The zero-order chi connectivity index (χ0) is 21.1. The quantitative estimate of drug-likeness (QED) is 0.688. The molecule has 0 bridgehead atoms. The van der Waals surface area contributed by atoms with E-state index in [-0.39, 0.29) is 30.4 Å². The Morgan fingerprint density at radius 1 is 0.968 bits per heavy atom. The van der Waals surface area contributed by atoms with Gasteiger partial charge in [-0.25, -0.2) is 0 Å². The highest BCUT2D eigenvalue weighted by molar-refractivity contribution is 5.98. The van der Waals surface area contributed by atoms with Gasteiger partial charge in [0.25, 0.3) is 0 Å². The summed E-state index contributed by atoms with van der Waals surface area (Å²) in [6.45, 7) is 2.29. The summed E-state index contributed by atoms with van der Waals surface area (Å²) >= 11 is 0. The van der Waals surface area contributed by atoms with Gasteiger partial charge in [-0.2, -0.15) is 0 Å². The second-order valence-corrected chi connectivity index (χ2v) is 9.25. The number of fused-ring (bicyclic) bond motifs is 4. The number of aromatic amines is 1. The van der Waals surface area contributed by atoms with E-state index in [2.05, 4.69) is 36.2 Å². The molecular weight excluding hydrogens is 386 g/mol. The molecule has 3 heterocycles. The molecule has 1 aliphatic carbocycles. The first kappa shape index (κ1) is 18.7. The van der Waals surface area contributed by atoms with E-state index in [1.54, 1.807) is 0 Å². The number of H-pyrrole nitrogens is 1. The van der Waals surface area contributed by atoms with Crippen molar-refractivity contribution in [2.24, 2.45) is 0 Å². The van der Waals surface area contributed by atoms with Crippen LogP contribution in [0.1, 0.15) is 54.1 Å². The Kier molecular flexibility index (Phi) is 4.20. The number of para-hydroxylation sites is 1. The molecule has 158 valence electrons. The average Bonchev–Trinajstić information content (AvgIpc) is 3.43. The highest BCUT2D eigenvalue weighted by atomic mass is 16.2. The summed E-state index contributed by atoms with van der Waals surface area (Å²) in [5.41, 5.74) is 5.53. The SMILES string of the molecule is Cc1ccccc1[C@H]1c2[nH]c3ccccc3c2C[C@H]2C(=O)N(C3CCCC3)CC(=O)N12. The molecule has 6 rings (SSSR count). The number of carbonyl (C=O) groups excluding carboxylic acids is 2. The molecule has 0 radical (unpaired) electrons.